The van der Waals surface area contributed by atoms with Crippen LogP contribution in [-0.4, -0.2) is 26.4 Å². The normalized spacial score (nSPS) is 12.2. The smallest absolute Gasteiger partial charge is 0.224 e. The molecule has 0 saturated carbocycles. The lowest BCUT2D eigenvalue weighted by Gasteiger charge is -2.29. The van der Waals surface area contributed by atoms with Crippen LogP contribution < -0.4 is 0 Å². The summed E-state index contributed by atoms with van der Waals surface area (Å²) in [6.45, 7) is 4.40. The number of nitrogens with zero attached hydrogens (tertiary/aromatic N) is 3. The van der Waals surface area contributed by atoms with Crippen LogP contribution in [-0.2, 0) is 18.4 Å². The highest BCUT2D eigenvalue weighted by molar-refractivity contribution is 5.78. The monoisotopic (exact) mass is 379 g/mol. The number of halogens is 1. The average molecular weight is 379 g/mol. The molecule has 1 aromatic heterocycles. The standard InChI is InChI=1S/C23H26FN3O/c1-17(2)27(16-22-25-13-14-26(22)3)23(28)15-20(18-9-5-4-6-10-18)19-11-7-8-12-21(19)24/h4-14,17,20H,15-16H2,1-3H3/t20-/m1/s1. The summed E-state index contributed by atoms with van der Waals surface area (Å²) in [7, 11) is 1.91. The Bertz CT molecular complexity index is 920. The maximum absolute atomic E-state index is 14.6. The van der Waals surface area contributed by atoms with Gasteiger partial charge < -0.3 is 9.47 Å². The Hall–Kier alpha value is -2.95. The lowest BCUT2D eigenvalue weighted by atomic mass is 9.87. The minimum absolute atomic E-state index is 0.0150. The van der Waals surface area contributed by atoms with Crippen LogP contribution in [0.5, 0.6) is 0 Å². The van der Waals surface area contributed by atoms with E-state index < -0.39 is 0 Å². The van der Waals surface area contributed by atoms with Crippen molar-refractivity contribution in [2.45, 2.75) is 38.8 Å². The Morgan fingerprint density at radius 2 is 1.79 bits per heavy atom. The molecule has 28 heavy (non-hydrogen) atoms. The highest BCUT2D eigenvalue weighted by Gasteiger charge is 2.26. The number of aryl methyl sites for hydroxylation is 1. The van der Waals surface area contributed by atoms with Crippen LogP contribution in [0.1, 0.15) is 43.1 Å². The van der Waals surface area contributed by atoms with Gasteiger partial charge >= 0.3 is 0 Å². The molecule has 0 aliphatic rings. The number of hydrogen-bond donors (Lipinski definition) is 0. The Labute approximate surface area is 165 Å². The second-order valence-corrected chi connectivity index (χ2v) is 7.26. The topological polar surface area (TPSA) is 38.1 Å². The van der Waals surface area contributed by atoms with E-state index in [0.717, 1.165) is 11.4 Å². The average Bonchev–Trinajstić information content (AvgIpc) is 3.10. The highest BCUT2D eigenvalue weighted by atomic mass is 19.1. The van der Waals surface area contributed by atoms with Crippen molar-refractivity contribution in [3.8, 4) is 0 Å². The number of amides is 1. The van der Waals surface area contributed by atoms with E-state index in [2.05, 4.69) is 4.98 Å². The van der Waals surface area contributed by atoms with Gasteiger partial charge in [0.2, 0.25) is 5.91 Å². The molecule has 3 aromatic rings. The first-order valence-corrected chi connectivity index (χ1v) is 9.52. The van der Waals surface area contributed by atoms with E-state index in [1.807, 2.05) is 68.1 Å². The number of carbonyl (C=O) groups excluding carboxylic acids is 1. The second-order valence-electron chi connectivity index (χ2n) is 7.26. The Balaban J connectivity index is 1.89. The van der Waals surface area contributed by atoms with Crippen molar-refractivity contribution in [2.75, 3.05) is 0 Å². The third kappa shape index (κ3) is 4.47. The molecule has 0 aliphatic heterocycles. The fourth-order valence-electron chi connectivity index (χ4n) is 3.40. The molecule has 1 heterocycles. The summed E-state index contributed by atoms with van der Waals surface area (Å²) in [5.41, 5.74) is 1.48. The van der Waals surface area contributed by atoms with Gasteiger partial charge in [-0.3, -0.25) is 4.79 Å². The minimum Gasteiger partial charge on any atom is -0.337 e. The summed E-state index contributed by atoms with van der Waals surface area (Å²) in [4.78, 5) is 19.4. The van der Waals surface area contributed by atoms with Gasteiger partial charge in [0.25, 0.3) is 0 Å². The zero-order chi connectivity index (χ0) is 20.1. The summed E-state index contributed by atoms with van der Waals surface area (Å²) in [5.74, 6) is 0.182. The molecule has 1 atom stereocenters. The van der Waals surface area contributed by atoms with Gasteiger partial charge in [0.05, 0.1) is 6.54 Å². The number of benzene rings is 2. The molecule has 0 radical (unpaired) electrons. The van der Waals surface area contributed by atoms with Crippen molar-refractivity contribution in [1.82, 2.24) is 14.5 Å². The van der Waals surface area contributed by atoms with Gasteiger partial charge in [-0.1, -0.05) is 48.5 Å². The maximum atomic E-state index is 14.6. The molecule has 0 unspecified atom stereocenters. The van der Waals surface area contributed by atoms with Crippen molar-refractivity contribution in [2.24, 2.45) is 7.05 Å². The Morgan fingerprint density at radius 3 is 2.39 bits per heavy atom. The summed E-state index contributed by atoms with van der Waals surface area (Å²) >= 11 is 0. The Kier molecular flexibility index (Phi) is 6.24. The van der Waals surface area contributed by atoms with Crippen LogP contribution in [0.15, 0.2) is 67.0 Å². The van der Waals surface area contributed by atoms with Crippen LogP contribution in [0.25, 0.3) is 0 Å². The number of imidazole rings is 1. The van der Waals surface area contributed by atoms with Crippen LogP contribution in [0.3, 0.4) is 0 Å². The molecule has 0 spiro atoms. The highest BCUT2D eigenvalue weighted by Crippen LogP contribution is 2.31. The van der Waals surface area contributed by atoms with Crippen molar-refractivity contribution < 1.29 is 9.18 Å². The van der Waals surface area contributed by atoms with E-state index in [1.54, 1.807) is 23.2 Å². The number of rotatable bonds is 7. The molecule has 146 valence electrons. The van der Waals surface area contributed by atoms with Crippen LogP contribution in [0.2, 0.25) is 0 Å². The van der Waals surface area contributed by atoms with Gasteiger partial charge in [-0.25, -0.2) is 9.37 Å². The van der Waals surface area contributed by atoms with Gasteiger partial charge in [0, 0.05) is 37.8 Å². The van der Waals surface area contributed by atoms with Gasteiger partial charge in [-0.05, 0) is 31.0 Å². The molecule has 0 aliphatic carbocycles. The maximum Gasteiger partial charge on any atom is 0.224 e. The lowest BCUT2D eigenvalue weighted by molar-refractivity contribution is -0.134. The van der Waals surface area contributed by atoms with E-state index >= 15 is 0 Å². The summed E-state index contributed by atoms with van der Waals surface area (Å²) in [6.07, 6.45) is 3.79. The van der Waals surface area contributed by atoms with Crippen LogP contribution in [0.4, 0.5) is 4.39 Å². The molecular weight excluding hydrogens is 353 g/mol. The third-order valence-corrected chi connectivity index (χ3v) is 5.04. The zero-order valence-electron chi connectivity index (χ0n) is 16.5. The first-order valence-electron chi connectivity index (χ1n) is 9.52. The molecule has 0 fully saturated rings. The number of hydrogen-bond acceptors (Lipinski definition) is 2. The van der Waals surface area contributed by atoms with Crippen molar-refractivity contribution in [1.29, 1.82) is 0 Å². The predicted molar refractivity (Wildman–Crippen MR) is 108 cm³/mol. The van der Waals surface area contributed by atoms with Gasteiger partial charge in [0.15, 0.2) is 0 Å². The number of aromatic nitrogens is 2. The van der Waals surface area contributed by atoms with E-state index in [0.29, 0.717) is 12.1 Å². The molecule has 0 bridgehead atoms. The fourth-order valence-corrected chi connectivity index (χ4v) is 3.40. The largest absolute Gasteiger partial charge is 0.337 e. The minimum atomic E-state index is -0.336. The molecule has 0 N–H and O–H groups in total. The SMILES string of the molecule is CC(C)N(Cc1nccn1C)C(=O)C[C@H](c1ccccc1)c1ccccc1F. The first-order chi connectivity index (χ1) is 13.5. The number of carbonyl (C=O) groups is 1. The van der Waals surface area contributed by atoms with Gasteiger partial charge in [0.1, 0.15) is 11.6 Å². The summed E-state index contributed by atoms with van der Waals surface area (Å²) < 4.78 is 16.5. The van der Waals surface area contributed by atoms with E-state index in [1.165, 1.54) is 6.07 Å². The lowest BCUT2D eigenvalue weighted by Crippen LogP contribution is -2.38. The van der Waals surface area contributed by atoms with Crippen molar-refractivity contribution in [3.05, 3.63) is 89.8 Å². The second kappa shape index (κ2) is 8.83. The van der Waals surface area contributed by atoms with E-state index in [-0.39, 0.29) is 30.1 Å². The van der Waals surface area contributed by atoms with Gasteiger partial charge in [-0.2, -0.15) is 0 Å². The Morgan fingerprint density at radius 1 is 1.11 bits per heavy atom. The molecular formula is C23H26FN3O. The van der Waals surface area contributed by atoms with E-state index in [9.17, 15) is 9.18 Å². The summed E-state index contributed by atoms with van der Waals surface area (Å²) in [6, 6.07) is 16.4. The van der Waals surface area contributed by atoms with Crippen LogP contribution in [0, 0.1) is 5.82 Å². The quantitative estimate of drug-likeness (QED) is 0.605. The molecule has 1 amide bonds. The fraction of sp³-hybridized carbons (Fsp3) is 0.304. The molecule has 2 aromatic carbocycles. The predicted octanol–water partition coefficient (Wildman–Crippen LogP) is 4.52. The zero-order valence-corrected chi connectivity index (χ0v) is 16.5. The third-order valence-electron chi connectivity index (χ3n) is 5.04. The molecule has 4 nitrogen and oxygen atoms in total. The molecule has 0 saturated heterocycles. The summed E-state index contributed by atoms with van der Waals surface area (Å²) in [5, 5.41) is 0. The van der Waals surface area contributed by atoms with E-state index in [4.69, 9.17) is 0 Å². The van der Waals surface area contributed by atoms with Crippen molar-refractivity contribution >= 4 is 5.91 Å². The molecule has 5 heteroatoms. The first kappa shape index (κ1) is 19.8. The molecule has 3 rings (SSSR count). The van der Waals surface area contributed by atoms with Gasteiger partial charge in [-0.15, -0.1) is 0 Å². The van der Waals surface area contributed by atoms with Crippen molar-refractivity contribution in [3.63, 3.8) is 0 Å². The van der Waals surface area contributed by atoms with Crippen LogP contribution >= 0.6 is 0 Å².